The molecule has 0 aromatic carbocycles. The third-order valence-electron chi connectivity index (χ3n) is 6.35. The smallest absolute Gasteiger partial charge is 0.226 e. The number of nitrogens with zero attached hydrogens (tertiary/aromatic N) is 4. The Morgan fingerprint density at radius 1 is 1.12 bits per heavy atom. The SMILES string of the molecule is Cc1cc(N2CCN(C(=O)C3CC4CCC3C4)CC2)nc(C(C)C)n1. The molecule has 0 N–H and O–H groups in total. The minimum Gasteiger partial charge on any atom is -0.353 e. The number of hydrogen-bond acceptors (Lipinski definition) is 4. The number of carbonyl (C=O) groups excluding carboxylic acids is 1. The van der Waals surface area contributed by atoms with Crippen molar-refractivity contribution in [3.63, 3.8) is 0 Å². The monoisotopic (exact) mass is 342 g/mol. The molecule has 25 heavy (non-hydrogen) atoms. The molecule has 3 aliphatic rings. The summed E-state index contributed by atoms with van der Waals surface area (Å²) < 4.78 is 0. The van der Waals surface area contributed by atoms with Crippen molar-refractivity contribution in [3.05, 3.63) is 17.6 Å². The van der Waals surface area contributed by atoms with Crippen LogP contribution in [0.3, 0.4) is 0 Å². The summed E-state index contributed by atoms with van der Waals surface area (Å²) in [7, 11) is 0. The maximum atomic E-state index is 12.9. The van der Waals surface area contributed by atoms with E-state index in [1.807, 2.05) is 6.92 Å². The van der Waals surface area contributed by atoms with Gasteiger partial charge in [-0.3, -0.25) is 4.79 Å². The molecule has 3 fully saturated rings. The van der Waals surface area contributed by atoms with Crippen LogP contribution in [0.4, 0.5) is 5.82 Å². The van der Waals surface area contributed by atoms with Crippen molar-refractivity contribution in [1.29, 1.82) is 0 Å². The van der Waals surface area contributed by atoms with Gasteiger partial charge in [-0.2, -0.15) is 0 Å². The quantitative estimate of drug-likeness (QED) is 0.847. The molecule has 3 unspecified atom stereocenters. The molecule has 2 aliphatic carbocycles. The fourth-order valence-corrected chi connectivity index (χ4v) is 4.93. The Labute approximate surface area is 150 Å². The average molecular weight is 342 g/mol. The minimum absolute atomic E-state index is 0.319. The van der Waals surface area contributed by atoms with Crippen LogP contribution in [0, 0.1) is 24.7 Å². The van der Waals surface area contributed by atoms with Gasteiger partial charge in [-0.15, -0.1) is 0 Å². The van der Waals surface area contributed by atoms with Gasteiger partial charge in [-0.05, 0) is 38.0 Å². The highest BCUT2D eigenvalue weighted by Gasteiger charge is 2.44. The molecule has 5 heteroatoms. The highest BCUT2D eigenvalue weighted by atomic mass is 16.2. The van der Waals surface area contributed by atoms with Gasteiger partial charge in [0, 0.05) is 49.8 Å². The summed E-state index contributed by atoms with van der Waals surface area (Å²) in [5, 5.41) is 0. The van der Waals surface area contributed by atoms with E-state index in [2.05, 4.69) is 34.7 Å². The van der Waals surface area contributed by atoms with Gasteiger partial charge in [0.2, 0.25) is 5.91 Å². The van der Waals surface area contributed by atoms with Crippen LogP contribution in [0.2, 0.25) is 0 Å². The number of piperazine rings is 1. The predicted molar refractivity (Wildman–Crippen MR) is 98.6 cm³/mol. The Kier molecular flexibility index (Phi) is 4.42. The Bertz CT molecular complexity index is 651. The normalized spacial score (nSPS) is 28.9. The summed E-state index contributed by atoms with van der Waals surface area (Å²) in [5.41, 5.74) is 1.02. The molecule has 5 nitrogen and oxygen atoms in total. The summed E-state index contributed by atoms with van der Waals surface area (Å²) in [5.74, 6) is 4.51. The van der Waals surface area contributed by atoms with E-state index in [9.17, 15) is 4.79 Å². The summed E-state index contributed by atoms with van der Waals surface area (Å²) in [6.45, 7) is 9.70. The van der Waals surface area contributed by atoms with Crippen molar-refractivity contribution in [3.8, 4) is 0 Å². The lowest BCUT2D eigenvalue weighted by Gasteiger charge is -2.38. The number of hydrogen-bond donors (Lipinski definition) is 0. The molecule has 2 saturated carbocycles. The highest BCUT2D eigenvalue weighted by Crippen LogP contribution is 2.48. The van der Waals surface area contributed by atoms with E-state index in [4.69, 9.17) is 4.98 Å². The van der Waals surface area contributed by atoms with Crippen molar-refractivity contribution >= 4 is 11.7 Å². The summed E-state index contributed by atoms with van der Waals surface area (Å²) >= 11 is 0. The molecule has 0 spiro atoms. The van der Waals surface area contributed by atoms with Gasteiger partial charge in [0.1, 0.15) is 11.6 Å². The maximum Gasteiger partial charge on any atom is 0.226 e. The molecule has 0 radical (unpaired) electrons. The first-order chi connectivity index (χ1) is 12.0. The second-order valence-corrected chi connectivity index (χ2v) is 8.47. The molecule has 1 saturated heterocycles. The van der Waals surface area contributed by atoms with Crippen LogP contribution in [0.15, 0.2) is 6.07 Å². The van der Waals surface area contributed by atoms with Crippen LogP contribution in [-0.2, 0) is 4.79 Å². The lowest BCUT2D eigenvalue weighted by molar-refractivity contribution is -0.137. The second-order valence-electron chi connectivity index (χ2n) is 8.47. The van der Waals surface area contributed by atoms with Crippen LogP contribution >= 0.6 is 0 Å². The summed E-state index contributed by atoms with van der Waals surface area (Å²) in [6, 6.07) is 2.07. The van der Waals surface area contributed by atoms with Crippen molar-refractivity contribution < 1.29 is 4.79 Å². The first-order valence-electron chi connectivity index (χ1n) is 9.90. The molecular weight excluding hydrogens is 312 g/mol. The van der Waals surface area contributed by atoms with E-state index >= 15 is 0 Å². The highest BCUT2D eigenvalue weighted by molar-refractivity contribution is 5.80. The number of aromatic nitrogens is 2. The zero-order chi connectivity index (χ0) is 17.6. The molecule has 2 bridgehead atoms. The fraction of sp³-hybridized carbons (Fsp3) is 0.750. The zero-order valence-corrected chi connectivity index (χ0v) is 15.7. The minimum atomic E-state index is 0.319. The fourth-order valence-electron chi connectivity index (χ4n) is 4.93. The standard InChI is InChI=1S/C20H30N4O/c1-13(2)19-21-14(3)10-18(22-19)23-6-8-24(9-7-23)20(25)17-12-15-4-5-16(17)11-15/h10,13,15-17H,4-9,11-12H2,1-3H3. The van der Waals surface area contributed by atoms with Gasteiger partial charge in [0.25, 0.3) is 0 Å². The molecule has 1 aliphatic heterocycles. The number of rotatable bonds is 3. The predicted octanol–water partition coefficient (Wildman–Crippen LogP) is 2.99. The van der Waals surface area contributed by atoms with Gasteiger partial charge in [-0.1, -0.05) is 20.3 Å². The molecule has 136 valence electrons. The van der Waals surface area contributed by atoms with Crippen LogP contribution in [0.1, 0.15) is 57.0 Å². The lowest BCUT2D eigenvalue weighted by atomic mass is 9.87. The molecule has 1 amide bonds. The summed E-state index contributed by atoms with van der Waals surface area (Å²) in [4.78, 5) is 26.6. The number of fused-ring (bicyclic) bond motifs is 2. The number of anilines is 1. The average Bonchev–Trinajstić information content (AvgIpc) is 3.24. The van der Waals surface area contributed by atoms with Crippen LogP contribution < -0.4 is 4.90 Å². The zero-order valence-electron chi connectivity index (χ0n) is 15.7. The van der Waals surface area contributed by atoms with Gasteiger partial charge in [0.15, 0.2) is 0 Å². The van der Waals surface area contributed by atoms with E-state index in [-0.39, 0.29) is 0 Å². The summed E-state index contributed by atoms with van der Waals surface area (Å²) in [6.07, 6.45) is 5.08. The largest absolute Gasteiger partial charge is 0.353 e. The Hall–Kier alpha value is -1.65. The molecule has 4 rings (SSSR count). The molecule has 1 aromatic heterocycles. The third kappa shape index (κ3) is 3.25. The maximum absolute atomic E-state index is 12.9. The third-order valence-corrected chi connectivity index (χ3v) is 6.35. The van der Waals surface area contributed by atoms with E-state index in [0.29, 0.717) is 23.7 Å². The molecular formula is C20H30N4O. The Morgan fingerprint density at radius 2 is 1.88 bits per heavy atom. The van der Waals surface area contributed by atoms with Crippen molar-refractivity contribution in [2.24, 2.45) is 17.8 Å². The van der Waals surface area contributed by atoms with Gasteiger partial charge in [-0.25, -0.2) is 9.97 Å². The Balaban J connectivity index is 1.39. The van der Waals surface area contributed by atoms with E-state index in [1.54, 1.807) is 0 Å². The van der Waals surface area contributed by atoms with Crippen LogP contribution in [0.25, 0.3) is 0 Å². The first-order valence-corrected chi connectivity index (χ1v) is 9.90. The van der Waals surface area contributed by atoms with Gasteiger partial charge < -0.3 is 9.80 Å². The van der Waals surface area contributed by atoms with Crippen molar-refractivity contribution in [2.45, 2.75) is 52.4 Å². The van der Waals surface area contributed by atoms with Gasteiger partial charge in [0.05, 0.1) is 0 Å². The van der Waals surface area contributed by atoms with Crippen molar-refractivity contribution in [1.82, 2.24) is 14.9 Å². The number of carbonyl (C=O) groups is 1. The Morgan fingerprint density at radius 3 is 2.48 bits per heavy atom. The molecule has 3 atom stereocenters. The molecule has 1 aromatic rings. The van der Waals surface area contributed by atoms with Gasteiger partial charge >= 0.3 is 0 Å². The van der Waals surface area contributed by atoms with Crippen LogP contribution in [0.5, 0.6) is 0 Å². The second kappa shape index (κ2) is 6.58. The van der Waals surface area contributed by atoms with E-state index in [1.165, 1.54) is 19.3 Å². The molecule has 2 heterocycles. The van der Waals surface area contributed by atoms with E-state index in [0.717, 1.165) is 55.9 Å². The van der Waals surface area contributed by atoms with Crippen molar-refractivity contribution in [2.75, 3.05) is 31.1 Å². The topological polar surface area (TPSA) is 49.3 Å². The number of amides is 1. The number of aryl methyl sites for hydroxylation is 1. The van der Waals surface area contributed by atoms with E-state index < -0.39 is 0 Å². The first kappa shape index (κ1) is 16.8. The van der Waals surface area contributed by atoms with Crippen LogP contribution in [-0.4, -0.2) is 47.0 Å². The lowest BCUT2D eigenvalue weighted by Crippen LogP contribution is -2.51.